The number of alkyl halides is 2. The third kappa shape index (κ3) is 3.97. The molecule has 1 heterocycles. The third-order valence-electron chi connectivity index (χ3n) is 3.68. The number of halogens is 2. The molecule has 0 unspecified atom stereocenters. The molecule has 0 radical (unpaired) electrons. The number of nitrogens with one attached hydrogen (secondary N) is 1. The minimum absolute atomic E-state index is 0.0157. The van der Waals surface area contributed by atoms with E-state index in [9.17, 15) is 18.4 Å². The number of hydrogen-bond acceptors (Lipinski definition) is 5. The summed E-state index contributed by atoms with van der Waals surface area (Å²) in [6.45, 7) is -2.98. The first-order chi connectivity index (χ1) is 13.0. The summed E-state index contributed by atoms with van der Waals surface area (Å²) >= 11 is 0. The second kappa shape index (κ2) is 7.73. The Bertz CT molecular complexity index is 1080. The third-order valence-corrected chi connectivity index (χ3v) is 3.68. The summed E-state index contributed by atoms with van der Waals surface area (Å²) in [6, 6.07) is 12.6. The first-order valence-corrected chi connectivity index (χ1v) is 7.80. The van der Waals surface area contributed by atoms with Gasteiger partial charge in [0.1, 0.15) is 5.75 Å². The van der Waals surface area contributed by atoms with Gasteiger partial charge in [-0.3, -0.25) is 9.59 Å². The number of ether oxygens (including phenoxy) is 1. The maximum atomic E-state index is 12.4. The highest BCUT2D eigenvalue weighted by atomic mass is 19.3. The number of rotatable bonds is 5. The van der Waals surface area contributed by atoms with E-state index in [2.05, 4.69) is 20.4 Å². The molecule has 0 atom stereocenters. The van der Waals surface area contributed by atoms with Crippen molar-refractivity contribution in [3.8, 4) is 5.75 Å². The fourth-order valence-corrected chi connectivity index (χ4v) is 2.47. The van der Waals surface area contributed by atoms with Crippen molar-refractivity contribution in [2.75, 3.05) is 0 Å². The van der Waals surface area contributed by atoms with Gasteiger partial charge in [-0.25, -0.2) is 10.1 Å². The number of hydrazone groups is 1. The van der Waals surface area contributed by atoms with Gasteiger partial charge in [0.25, 0.3) is 11.5 Å². The molecule has 3 aromatic rings. The highest BCUT2D eigenvalue weighted by Crippen LogP contribution is 2.18. The molecule has 3 rings (SSSR count). The number of carbonyl (C=O) groups is 1. The predicted octanol–water partition coefficient (Wildman–Crippen LogP) is 2.30. The zero-order valence-corrected chi connectivity index (χ0v) is 14.1. The summed E-state index contributed by atoms with van der Waals surface area (Å²) in [5.74, 6) is -0.721. The molecule has 0 fully saturated rings. The second-order valence-corrected chi connectivity index (χ2v) is 5.44. The van der Waals surface area contributed by atoms with Crippen molar-refractivity contribution in [3.05, 3.63) is 70.1 Å². The van der Waals surface area contributed by atoms with E-state index in [4.69, 9.17) is 0 Å². The van der Waals surface area contributed by atoms with Crippen LogP contribution < -0.4 is 15.7 Å². The van der Waals surface area contributed by atoms with Gasteiger partial charge in [-0.2, -0.15) is 19.0 Å². The van der Waals surface area contributed by atoms with Crippen molar-refractivity contribution in [3.63, 3.8) is 0 Å². The van der Waals surface area contributed by atoms with Crippen molar-refractivity contribution in [2.24, 2.45) is 12.1 Å². The summed E-state index contributed by atoms with van der Waals surface area (Å²) in [4.78, 5) is 24.5. The molecule has 0 spiro atoms. The van der Waals surface area contributed by atoms with Gasteiger partial charge in [-0.05, 0) is 18.2 Å². The van der Waals surface area contributed by atoms with Gasteiger partial charge in [-0.1, -0.05) is 30.3 Å². The number of hydrogen-bond donors (Lipinski definition) is 1. The summed E-state index contributed by atoms with van der Waals surface area (Å²) in [7, 11) is 1.44. The Morgan fingerprint density at radius 1 is 1.19 bits per heavy atom. The van der Waals surface area contributed by atoms with Crippen molar-refractivity contribution >= 4 is 22.9 Å². The van der Waals surface area contributed by atoms with E-state index < -0.39 is 12.5 Å². The zero-order valence-electron chi connectivity index (χ0n) is 14.1. The van der Waals surface area contributed by atoms with Gasteiger partial charge in [0, 0.05) is 18.0 Å². The van der Waals surface area contributed by atoms with Crippen LogP contribution in [0.2, 0.25) is 0 Å². The lowest BCUT2D eigenvalue weighted by Crippen LogP contribution is -2.27. The zero-order chi connectivity index (χ0) is 19.4. The average Bonchev–Trinajstić information content (AvgIpc) is 2.65. The van der Waals surface area contributed by atoms with Gasteiger partial charge in [0.15, 0.2) is 5.69 Å². The topological polar surface area (TPSA) is 85.6 Å². The van der Waals surface area contributed by atoms with Crippen LogP contribution in [-0.2, 0) is 7.05 Å². The number of fused-ring (bicyclic) bond motifs is 1. The predicted molar refractivity (Wildman–Crippen MR) is 95.1 cm³/mol. The Morgan fingerprint density at radius 2 is 1.85 bits per heavy atom. The number of carbonyl (C=O) groups excluding carboxylic acids is 1. The molecule has 7 nitrogen and oxygen atoms in total. The van der Waals surface area contributed by atoms with Crippen LogP contribution >= 0.6 is 0 Å². The first-order valence-electron chi connectivity index (χ1n) is 7.80. The van der Waals surface area contributed by atoms with Gasteiger partial charge < -0.3 is 4.74 Å². The van der Waals surface area contributed by atoms with Crippen molar-refractivity contribution < 1.29 is 18.3 Å². The molecule has 2 aromatic carbocycles. The average molecular weight is 372 g/mol. The summed E-state index contributed by atoms with van der Waals surface area (Å²) in [5, 5.41) is 8.48. The van der Waals surface area contributed by atoms with Crippen LogP contribution in [0.4, 0.5) is 8.78 Å². The molecule has 138 valence electrons. The van der Waals surface area contributed by atoms with Crippen LogP contribution in [0.3, 0.4) is 0 Å². The summed E-state index contributed by atoms with van der Waals surface area (Å²) in [5.41, 5.74) is 2.22. The number of nitrogens with zero attached hydrogens (tertiary/aromatic N) is 3. The van der Waals surface area contributed by atoms with Gasteiger partial charge in [0.05, 0.1) is 11.6 Å². The Balaban J connectivity index is 1.86. The molecular weight excluding hydrogens is 358 g/mol. The van der Waals surface area contributed by atoms with Crippen LogP contribution in [0.25, 0.3) is 10.8 Å². The van der Waals surface area contributed by atoms with Gasteiger partial charge >= 0.3 is 6.61 Å². The quantitative estimate of drug-likeness (QED) is 0.550. The molecule has 0 aliphatic heterocycles. The molecule has 27 heavy (non-hydrogen) atoms. The van der Waals surface area contributed by atoms with Crippen LogP contribution in [0.15, 0.2) is 58.4 Å². The number of amides is 1. The molecule has 1 amide bonds. The van der Waals surface area contributed by atoms with E-state index in [1.165, 1.54) is 31.5 Å². The van der Waals surface area contributed by atoms with E-state index in [-0.39, 0.29) is 22.6 Å². The fraction of sp³-hybridized carbons (Fsp3) is 0.111. The molecule has 1 aromatic heterocycles. The number of benzene rings is 2. The molecule has 9 heteroatoms. The van der Waals surface area contributed by atoms with Crippen molar-refractivity contribution in [1.29, 1.82) is 0 Å². The van der Waals surface area contributed by atoms with E-state index in [0.717, 1.165) is 4.68 Å². The smallest absolute Gasteiger partial charge is 0.387 e. The van der Waals surface area contributed by atoms with E-state index >= 15 is 0 Å². The number of aryl methyl sites for hydroxylation is 1. The van der Waals surface area contributed by atoms with Crippen LogP contribution in [-0.4, -0.2) is 28.5 Å². The monoisotopic (exact) mass is 372 g/mol. The van der Waals surface area contributed by atoms with Crippen LogP contribution in [0.5, 0.6) is 5.75 Å². The molecule has 0 saturated carbocycles. The largest absolute Gasteiger partial charge is 0.434 e. The Morgan fingerprint density at radius 3 is 2.59 bits per heavy atom. The van der Waals surface area contributed by atoms with Crippen LogP contribution in [0.1, 0.15) is 16.1 Å². The maximum absolute atomic E-state index is 12.4. The maximum Gasteiger partial charge on any atom is 0.387 e. The van der Waals surface area contributed by atoms with Crippen LogP contribution in [0, 0.1) is 0 Å². The molecule has 0 bridgehead atoms. The van der Waals surface area contributed by atoms with Gasteiger partial charge in [-0.15, -0.1) is 0 Å². The number of para-hydroxylation sites is 1. The minimum Gasteiger partial charge on any atom is -0.434 e. The minimum atomic E-state index is -2.98. The van der Waals surface area contributed by atoms with Crippen molar-refractivity contribution in [1.82, 2.24) is 15.2 Å². The highest BCUT2D eigenvalue weighted by molar-refractivity contribution is 6.05. The molecular formula is C18H14F2N4O3. The molecule has 0 aliphatic carbocycles. The first kappa shape index (κ1) is 18.2. The normalized spacial score (nSPS) is 11.3. The summed E-state index contributed by atoms with van der Waals surface area (Å²) < 4.78 is 30.3. The molecule has 0 saturated heterocycles. The van der Waals surface area contributed by atoms with Crippen molar-refractivity contribution in [2.45, 2.75) is 6.61 Å². The summed E-state index contributed by atoms with van der Waals surface area (Å²) in [6.07, 6.45) is 1.18. The Hall–Kier alpha value is -3.62. The number of aromatic nitrogens is 2. The highest BCUT2D eigenvalue weighted by Gasteiger charge is 2.15. The van der Waals surface area contributed by atoms with E-state index in [0.29, 0.717) is 10.8 Å². The lowest BCUT2D eigenvalue weighted by molar-refractivity contribution is -0.0499. The second-order valence-electron chi connectivity index (χ2n) is 5.44. The lowest BCUT2D eigenvalue weighted by atomic mass is 10.1. The van der Waals surface area contributed by atoms with E-state index in [1.54, 1.807) is 30.3 Å². The standard InChI is InChI=1S/C18H14F2N4O3/c1-24-17(26)13-8-4-3-7-12(13)15(23-24)16(25)22-21-10-11-6-2-5-9-14(11)27-18(19)20/h2-10,18H,1H3,(H,22,25)/b21-10-. The Labute approximate surface area is 151 Å². The fourth-order valence-electron chi connectivity index (χ4n) is 2.47. The van der Waals surface area contributed by atoms with E-state index in [1.807, 2.05) is 0 Å². The molecule has 0 aliphatic rings. The SMILES string of the molecule is Cn1nc(C(=O)N/N=C\c2ccccc2OC(F)F)c2ccccc2c1=O. The Kier molecular flexibility index (Phi) is 5.20. The molecule has 1 N–H and O–H groups in total. The van der Waals surface area contributed by atoms with Gasteiger partial charge in [0.2, 0.25) is 0 Å². The lowest BCUT2D eigenvalue weighted by Gasteiger charge is -2.08.